The molecule has 0 saturated heterocycles. The molecule has 1 saturated carbocycles. The Bertz CT molecular complexity index is 373. The van der Waals surface area contributed by atoms with Crippen molar-refractivity contribution in [1.82, 2.24) is 10.2 Å². The maximum absolute atomic E-state index is 11.5. The molecule has 1 aliphatic heterocycles. The van der Waals surface area contributed by atoms with Crippen LogP contribution in [-0.2, 0) is 14.3 Å². The van der Waals surface area contributed by atoms with Gasteiger partial charge in [0.15, 0.2) is 0 Å². The Morgan fingerprint density at radius 3 is 2.59 bits per heavy atom. The number of carbonyl (C=O) groups is 3. The molecule has 6 nitrogen and oxygen atoms in total. The van der Waals surface area contributed by atoms with Gasteiger partial charge in [0.05, 0.1) is 6.04 Å². The highest BCUT2D eigenvalue weighted by molar-refractivity contribution is 6.13. The summed E-state index contributed by atoms with van der Waals surface area (Å²) in [4.78, 5) is 35.4. The van der Waals surface area contributed by atoms with Crippen molar-refractivity contribution in [2.75, 3.05) is 7.05 Å². The number of hydrogen-bond acceptors (Lipinski definition) is 4. The molecule has 0 aromatic heterocycles. The van der Waals surface area contributed by atoms with Crippen LogP contribution in [0.25, 0.3) is 0 Å². The molecule has 1 aliphatic carbocycles. The zero-order valence-electron chi connectivity index (χ0n) is 9.51. The number of nitrogens with zero attached hydrogens (tertiary/aromatic N) is 1. The molecule has 1 fully saturated rings. The Labute approximate surface area is 98.6 Å². The third kappa shape index (κ3) is 2.15. The van der Waals surface area contributed by atoms with Gasteiger partial charge in [0.1, 0.15) is 6.10 Å². The minimum absolute atomic E-state index is 0.326. The summed E-state index contributed by atoms with van der Waals surface area (Å²) < 4.78 is 5.16. The van der Waals surface area contributed by atoms with E-state index in [9.17, 15) is 14.4 Å². The molecular formula is C11H14N2O4. The minimum atomic E-state index is -0.533. The molecule has 0 aromatic carbocycles. The van der Waals surface area contributed by atoms with E-state index in [1.165, 1.54) is 24.1 Å². The number of nitrogens with one attached hydrogen (secondary N) is 1. The summed E-state index contributed by atoms with van der Waals surface area (Å²) in [5.41, 5.74) is 0. The van der Waals surface area contributed by atoms with Crippen LogP contribution in [0.5, 0.6) is 0 Å². The molecule has 1 N–H and O–H groups in total. The molecular weight excluding hydrogens is 224 g/mol. The van der Waals surface area contributed by atoms with E-state index in [0.717, 1.165) is 6.42 Å². The lowest BCUT2D eigenvalue weighted by Gasteiger charge is -2.27. The Balaban J connectivity index is 2.07. The second kappa shape index (κ2) is 4.57. The number of hydrogen-bond donors (Lipinski definition) is 1. The zero-order valence-corrected chi connectivity index (χ0v) is 9.51. The van der Waals surface area contributed by atoms with Crippen molar-refractivity contribution in [1.29, 1.82) is 0 Å². The first-order valence-corrected chi connectivity index (χ1v) is 5.57. The first-order chi connectivity index (χ1) is 8.13. The molecule has 92 valence electrons. The van der Waals surface area contributed by atoms with Crippen LogP contribution in [0.2, 0.25) is 0 Å². The molecule has 2 atom stereocenters. The fourth-order valence-corrected chi connectivity index (χ4v) is 2.27. The standard InChI is InChI=1S/C11H14N2O4/c1-12-11(16)17-8-4-2-3-7(8)13-9(14)5-6-10(13)15/h5-8H,2-4H2,1H3,(H,12,16)/t7-,8-/m0/s1. The van der Waals surface area contributed by atoms with Gasteiger partial charge in [-0.1, -0.05) is 0 Å². The van der Waals surface area contributed by atoms with Gasteiger partial charge in [0.2, 0.25) is 0 Å². The molecule has 1 heterocycles. The molecule has 0 spiro atoms. The molecule has 0 radical (unpaired) electrons. The van der Waals surface area contributed by atoms with Crippen LogP contribution in [0.1, 0.15) is 19.3 Å². The van der Waals surface area contributed by atoms with Crippen molar-refractivity contribution < 1.29 is 19.1 Å². The van der Waals surface area contributed by atoms with Crippen LogP contribution >= 0.6 is 0 Å². The van der Waals surface area contributed by atoms with E-state index in [0.29, 0.717) is 12.8 Å². The number of rotatable bonds is 2. The Morgan fingerprint density at radius 2 is 2.00 bits per heavy atom. The highest BCUT2D eigenvalue weighted by atomic mass is 16.6. The van der Waals surface area contributed by atoms with Crippen molar-refractivity contribution in [3.63, 3.8) is 0 Å². The third-order valence-corrected chi connectivity index (χ3v) is 3.06. The second-order valence-electron chi connectivity index (χ2n) is 4.07. The Kier molecular flexibility index (Phi) is 3.12. The molecule has 3 amide bonds. The predicted molar refractivity (Wildman–Crippen MR) is 58.0 cm³/mol. The lowest BCUT2D eigenvalue weighted by Crippen LogP contribution is -2.46. The summed E-state index contributed by atoms with van der Waals surface area (Å²) in [7, 11) is 1.47. The summed E-state index contributed by atoms with van der Waals surface area (Å²) in [5.74, 6) is -0.653. The normalized spacial score (nSPS) is 27.7. The number of carbonyl (C=O) groups excluding carboxylic acids is 3. The summed E-state index contributed by atoms with van der Waals surface area (Å²) in [5, 5.41) is 2.36. The quantitative estimate of drug-likeness (QED) is 0.697. The summed E-state index contributed by atoms with van der Waals surface area (Å²) >= 11 is 0. The summed E-state index contributed by atoms with van der Waals surface area (Å²) in [6.07, 6.45) is 3.76. The minimum Gasteiger partial charge on any atom is -0.444 e. The Morgan fingerprint density at radius 1 is 1.35 bits per heavy atom. The van der Waals surface area contributed by atoms with Crippen LogP contribution in [0, 0.1) is 0 Å². The van der Waals surface area contributed by atoms with Gasteiger partial charge in [-0.2, -0.15) is 0 Å². The van der Waals surface area contributed by atoms with E-state index >= 15 is 0 Å². The smallest absolute Gasteiger partial charge is 0.407 e. The van der Waals surface area contributed by atoms with Gasteiger partial charge in [-0.3, -0.25) is 14.5 Å². The van der Waals surface area contributed by atoms with E-state index in [-0.39, 0.29) is 17.9 Å². The van der Waals surface area contributed by atoms with Gasteiger partial charge >= 0.3 is 6.09 Å². The van der Waals surface area contributed by atoms with Crippen LogP contribution < -0.4 is 5.32 Å². The van der Waals surface area contributed by atoms with E-state index in [1.807, 2.05) is 0 Å². The monoisotopic (exact) mass is 238 g/mol. The highest BCUT2D eigenvalue weighted by Crippen LogP contribution is 2.28. The largest absolute Gasteiger partial charge is 0.444 e. The van der Waals surface area contributed by atoms with Gasteiger partial charge in [0, 0.05) is 19.2 Å². The second-order valence-corrected chi connectivity index (χ2v) is 4.07. The van der Waals surface area contributed by atoms with Crippen molar-refractivity contribution in [2.45, 2.75) is 31.4 Å². The first-order valence-electron chi connectivity index (χ1n) is 5.57. The van der Waals surface area contributed by atoms with Crippen molar-refractivity contribution in [3.05, 3.63) is 12.2 Å². The summed E-state index contributed by atoms with van der Waals surface area (Å²) in [6.45, 7) is 0. The van der Waals surface area contributed by atoms with E-state index in [2.05, 4.69) is 5.32 Å². The maximum atomic E-state index is 11.5. The lowest BCUT2D eigenvalue weighted by atomic mass is 10.2. The molecule has 0 aromatic rings. The molecule has 0 bridgehead atoms. The maximum Gasteiger partial charge on any atom is 0.407 e. The predicted octanol–water partition coefficient (Wildman–Crippen LogP) is 0.188. The van der Waals surface area contributed by atoms with Crippen molar-refractivity contribution >= 4 is 17.9 Å². The molecule has 2 rings (SSSR count). The molecule has 6 heteroatoms. The van der Waals surface area contributed by atoms with E-state index in [4.69, 9.17) is 4.74 Å². The number of ether oxygens (including phenoxy) is 1. The Hall–Kier alpha value is -1.85. The number of amides is 3. The van der Waals surface area contributed by atoms with Gasteiger partial charge in [0.25, 0.3) is 11.8 Å². The highest BCUT2D eigenvalue weighted by Gasteiger charge is 2.40. The zero-order chi connectivity index (χ0) is 12.4. The topological polar surface area (TPSA) is 75.7 Å². The van der Waals surface area contributed by atoms with E-state index < -0.39 is 12.2 Å². The third-order valence-electron chi connectivity index (χ3n) is 3.06. The van der Waals surface area contributed by atoms with E-state index in [1.54, 1.807) is 0 Å². The van der Waals surface area contributed by atoms with Crippen LogP contribution in [-0.4, -0.2) is 42.0 Å². The SMILES string of the molecule is CNC(=O)O[C@H]1CCC[C@@H]1N1C(=O)C=CC1=O. The van der Waals surface area contributed by atoms with Gasteiger partial charge in [-0.05, 0) is 19.3 Å². The fraction of sp³-hybridized carbons (Fsp3) is 0.545. The van der Waals surface area contributed by atoms with Gasteiger partial charge in [-0.15, -0.1) is 0 Å². The summed E-state index contributed by atoms with van der Waals surface area (Å²) in [6, 6.07) is -0.331. The molecule has 17 heavy (non-hydrogen) atoms. The fourth-order valence-electron chi connectivity index (χ4n) is 2.27. The van der Waals surface area contributed by atoms with Gasteiger partial charge in [-0.25, -0.2) is 4.79 Å². The molecule has 2 aliphatic rings. The van der Waals surface area contributed by atoms with Crippen molar-refractivity contribution in [3.8, 4) is 0 Å². The first kappa shape index (κ1) is 11.6. The number of imide groups is 1. The van der Waals surface area contributed by atoms with Gasteiger partial charge < -0.3 is 10.1 Å². The average molecular weight is 238 g/mol. The van der Waals surface area contributed by atoms with Crippen LogP contribution in [0.15, 0.2) is 12.2 Å². The lowest BCUT2D eigenvalue weighted by molar-refractivity contribution is -0.141. The molecule has 0 unspecified atom stereocenters. The average Bonchev–Trinajstić information content (AvgIpc) is 2.86. The van der Waals surface area contributed by atoms with Crippen LogP contribution in [0.3, 0.4) is 0 Å². The van der Waals surface area contributed by atoms with Crippen LogP contribution in [0.4, 0.5) is 4.79 Å². The number of alkyl carbamates (subject to hydrolysis) is 1. The van der Waals surface area contributed by atoms with Crippen molar-refractivity contribution in [2.24, 2.45) is 0 Å².